The number of rotatable bonds is 3. The Hall–Kier alpha value is -2.08. The minimum absolute atomic E-state index is 0.0358. The molecule has 0 unspecified atom stereocenters. The molecule has 1 aromatic carbocycles. The van der Waals surface area contributed by atoms with E-state index in [9.17, 15) is 9.59 Å². The van der Waals surface area contributed by atoms with Gasteiger partial charge >= 0.3 is 6.09 Å². The molecule has 2 aliphatic heterocycles. The Morgan fingerprint density at radius 3 is 2.33 bits per heavy atom. The third-order valence-electron chi connectivity index (χ3n) is 5.16. The van der Waals surface area contributed by atoms with Crippen LogP contribution in [0.3, 0.4) is 0 Å². The fraction of sp³-hybridized carbons (Fsp3) is 0.619. The van der Waals surface area contributed by atoms with Gasteiger partial charge in [0.15, 0.2) is 0 Å². The van der Waals surface area contributed by atoms with E-state index in [-0.39, 0.29) is 18.5 Å². The number of likely N-dealkylation sites (tertiary alicyclic amines) is 1. The molecule has 0 bridgehead atoms. The number of hydrogen-bond donors (Lipinski definition) is 0. The van der Waals surface area contributed by atoms with E-state index in [0.29, 0.717) is 13.1 Å². The molecule has 148 valence electrons. The molecule has 0 saturated carbocycles. The first kappa shape index (κ1) is 19.7. The summed E-state index contributed by atoms with van der Waals surface area (Å²) >= 11 is 0. The van der Waals surface area contributed by atoms with Crippen LogP contribution in [-0.2, 0) is 16.1 Å². The molecule has 2 amide bonds. The molecule has 2 saturated heterocycles. The van der Waals surface area contributed by atoms with Crippen molar-refractivity contribution in [2.75, 3.05) is 32.7 Å². The second-order valence-corrected chi connectivity index (χ2v) is 8.48. The van der Waals surface area contributed by atoms with E-state index in [4.69, 9.17) is 4.74 Å². The summed E-state index contributed by atoms with van der Waals surface area (Å²) in [5.41, 5.74) is 0.793. The van der Waals surface area contributed by atoms with Crippen LogP contribution in [0.2, 0.25) is 0 Å². The third kappa shape index (κ3) is 5.45. The number of hydrogen-bond acceptors (Lipinski definition) is 4. The molecule has 0 atom stereocenters. The highest BCUT2D eigenvalue weighted by molar-refractivity contribution is 5.83. The number of benzene rings is 1. The van der Waals surface area contributed by atoms with Gasteiger partial charge in [0, 0.05) is 38.8 Å². The maximum atomic E-state index is 12.6. The normalized spacial score (nSPS) is 20.0. The summed E-state index contributed by atoms with van der Waals surface area (Å²) in [6.07, 6.45) is 1.59. The SMILES string of the molecule is CC(C)(C)OC(=O)N1CCN(C2CCN(Cc3ccccc3)CC2)C(=O)C1. The molecular weight excluding hydrogens is 342 g/mol. The number of carbonyl (C=O) groups excluding carboxylic acids is 2. The molecule has 2 heterocycles. The van der Waals surface area contributed by atoms with Gasteiger partial charge in [-0.15, -0.1) is 0 Å². The van der Waals surface area contributed by atoms with Gasteiger partial charge in [-0.05, 0) is 39.2 Å². The molecule has 2 fully saturated rings. The van der Waals surface area contributed by atoms with E-state index in [1.165, 1.54) is 10.5 Å². The highest BCUT2D eigenvalue weighted by Gasteiger charge is 2.34. The van der Waals surface area contributed by atoms with Crippen molar-refractivity contribution in [1.29, 1.82) is 0 Å². The summed E-state index contributed by atoms with van der Waals surface area (Å²) in [6.45, 7) is 9.75. The Balaban J connectivity index is 1.47. The maximum absolute atomic E-state index is 12.6. The number of amides is 2. The lowest BCUT2D eigenvalue weighted by Gasteiger charge is -2.42. The van der Waals surface area contributed by atoms with Crippen molar-refractivity contribution in [3.8, 4) is 0 Å². The van der Waals surface area contributed by atoms with E-state index in [1.807, 2.05) is 31.7 Å². The monoisotopic (exact) mass is 373 g/mol. The van der Waals surface area contributed by atoms with Gasteiger partial charge in [-0.25, -0.2) is 4.79 Å². The number of piperidine rings is 1. The van der Waals surface area contributed by atoms with Crippen molar-refractivity contribution in [2.24, 2.45) is 0 Å². The van der Waals surface area contributed by atoms with E-state index < -0.39 is 11.7 Å². The summed E-state index contributed by atoms with van der Waals surface area (Å²) in [6, 6.07) is 10.8. The minimum Gasteiger partial charge on any atom is -0.444 e. The van der Waals surface area contributed by atoms with Gasteiger partial charge < -0.3 is 9.64 Å². The molecule has 0 radical (unpaired) electrons. The summed E-state index contributed by atoms with van der Waals surface area (Å²) < 4.78 is 5.39. The zero-order valence-corrected chi connectivity index (χ0v) is 16.7. The highest BCUT2D eigenvalue weighted by atomic mass is 16.6. The van der Waals surface area contributed by atoms with E-state index >= 15 is 0 Å². The lowest BCUT2D eigenvalue weighted by molar-refractivity contribution is -0.139. The zero-order chi connectivity index (χ0) is 19.4. The van der Waals surface area contributed by atoms with Gasteiger partial charge in [-0.1, -0.05) is 30.3 Å². The van der Waals surface area contributed by atoms with Gasteiger partial charge in [0.1, 0.15) is 12.1 Å². The third-order valence-corrected chi connectivity index (χ3v) is 5.16. The number of nitrogens with zero attached hydrogens (tertiary/aromatic N) is 3. The van der Waals surface area contributed by atoms with Crippen LogP contribution >= 0.6 is 0 Å². The second-order valence-electron chi connectivity index (χ2n) is 8.48. The zero-order valence-electron chi connectivity index (χ0n) is 16.7. The molecule has 6 nitrogen and oxygen atoms in total. The number of ether oxygens (including phenoxy) is 1. The van der Waals surface area contributed by atoms with Crippen LogP contribution in [0.1, 0.15) is 39.2 Å². The smallest absolute Gasteiger partial charge is 0.410 e. The van der Waals surface area contributed by atoms with Crippen LogP contribution in [-0.4, -0.2) is 71.1 Å². The first-order valence-corrected chi connectivity index (χ1v) is 9.85. The summed E-state index contributed by atoms with van der Waals surface area (Å²) in [5, 5.41) is 0. The van der Waals surface area contributed by atoms with Crippen LogP contribution < -0.4 is 0 Å². The molecule has 2 aliphatic rings. The lowest BCUT2D eigenvalue weighted by Crippen LogP contribution is -2.57. The summed E-state index contributed by atoms with van der Waals surface area (Å²) in [5.74, 6) is 0.0358. The second kappa shape index (κ2) is 8.30. The largest absolute Gasteiger partial charge is 0.444 e. The Labute approximate surface area is 162 Å². The number of piperazine rings is 1. The summed E-state index contributed by atoms with van der Waals surface area (Å²) in [7, 11) is 0. The minimum atomic E-state index is -0.539. The standard InChI is InChI=1S/C21H31N3O3/c1-21(2,3)27-20(26)23-13-14-24(19(25)16-23)18-9-11-22(12-10-18)15-17-7-5-4-6-8-17/h4-8,18H,9-16H2,1-3H3. The van der Waals surface area contributed by atoms with E-state index in [1.54, 1.807) is 0 Å². The predicted molar refractivity (Wildman–Crippen MR) is 104 cm³/mol. The van der Waals surface area contributed by atoms with Crippen LogP contribution in [0.5, 0.6) is 0 Å². The molecule has 0 spiro atoms. The molecule has 27 heavy (non-hydrogen) atoms. The highest BCUT2D eigenvalue weighted by Crippen LogP contribution is 2.21. The Morgan fingerprint density at radius 2 is 1.74 bits per heavy atom. The van der Waals surface area contributed by atoms with Crippen molar-refractivity contribution in [3.63, 3.8) is 0 Å². The predicted octanol–water partition coefficient (Wildman–Crippen LogP) is 2.73. The Morgan fingerprint density at radius 1 is 1.07 bits per heavy atom. The van der Waals surface area contributed by atoms with Gasteiger partial charge in [-0.2, -0.15) is 0 Å². The molecule has 0 aromatic heterocycles. The van der Waals surface area contributed by atoms with E-state index in [2.05, 4.69) is 29.2 Å². The molecule has 6 heteroatoms. The lowest BCUT2D eigenvalue weighted by atomic mass is 10.0. The van der Waals surface area contributed by atoms with Crippen molar-refractivity contribution in [1.82, 2.24) is 14.7 Å². The van der Waals surface area contributed by atoms with Gasteiger partial charge in [-0.3, -0.25) is 14.6 Å². The van der Waals surface area contributed by atoms with Gasteiger partial charge in [0.05, 0.1) is 0 Å². The van der Waals surface area contributed by atoms with Crippen molar-refractivity contribution < 1.29 is 14.3 Å². The number of carbonyl (C=O) groups is 2. The Kier molecular flexibility index (Phi) is 6.05. The van der Waals surface area contributed by atoms with Crippen LogP contribution in [0.25, 0.3) is 0 Å². The topological polar surface area (TPSA) is 53.1 Å². The Bertz CT molecular complexity index is 648. The van der Waals surface area contributed by atoms with Crippen LogP contribution in [0.15, 0.2) is 30.3 Å². The first-order valence-electron chi connectivity index (χ1n) is 9.85. The fourth-order valence-corrected chi connectivity index (χ4v) is 3.79. The first-order chi connectivity index (χ1) is 12.8. The maximum Gasteiger partial charge on any atom is 0.410 e. The van der Waals surface area contributed by atoms with Crippen LogP contribution in [0, 0.1) is 0 Å². The van der Waals surface area contributed by atoms with Crippen LogP contribution in [0.4, 0.5) is 4.79 Å². The molecule has 3 rings (SSSR count). The molecule has 0 aliphatic carbocycles. The molecule has 1 aromatic rings. The molecule has 0 N–H and O–H groups in total. The quantitative estimate of drug-likeness (QED) is 0.818. The van der Waals surface area contributed by atoms with E-state index in [0.717, 1.165) is 32.5 Å². The van der Waals surface area contributed by atoms with Crippen molar-refractivity contribution in [2.45, 2.75) is 51.8 Å². The average molecular weight is 373 g/mol. The van der Waals surface area contributed by atoms with Gasteiger partial charge in [0.2, 0.25) is 5.91 Å². The summed E-state index contributed by atoms with van der Waals surface area (Å²) in [4.78, 5) is 30.7. The van der Waals surface area contributed by atoms with Crippen molar-refractivity contribution >= 4 is 12.0 Å². The van der Waals surface area contributed by atoms with Gasteiger partial charge in [0.25, 0.3) is 0 Å². The fourth-order valence-electron chi connectivity index (χ4n) is 3.79. The van der Waals surface area contributed by atoms with Crippen molar-refractivity contribution in [3.05, 3.63) is 35.9 Å². The molecular formula is C21H31N3O3. The average Bonchev–Trinajstić information content (AvgIpc) is 2.62.